The highest BCUT2D eigenvalue weighted by atomic mass is 79.9. The maximum Gasteiger partial charge on any atom is 0.235 e. The van der Waals surface area contributed by atoms with Gasteiger partial charge in [0, 0.05) is 4.47 Å². The minimum atomic E-state index is -0.415. The van der Waals surface area contributed by atoms with Crippen LogP contribution in [0.5, 0.6) is 5.75 Å². The van der Waals surface area contributed by atoms with Crippen LogP contribution in [-0.4, -0.2) is 13.2 Å². The second-order valence-electron chi connectivity index (χ2n) is 4.74. The predicted octanol–water partition coefficient (Wildman–Crippen LogP) is 3.87. The van der Waals surface area contributed by atoms with Crippen LogP contribution >= 0.6 is 15.9 Å². The molecule has 1 aliphatic carbocycles. The van der Waals surface area contributed by atoms with Gasteiger partial charge >= 0.3 is 0 Å². The van der Waals surface area contributed by atoms with Crippen molar-refractivity contribution < 1.29 is 9.53 Å². The Balaban J connectivity index is 2.57. The van der Waals surface area contributed by atoms with Crippen molar-refractivity contribution in [3.05, 3.63) is 27.7 Å². The molecule has 0 amide bonds. The van der Waals surface area contributed by atoms with E-state index < -0.39 is 5.54 Å². The van der Waals surface area contributed by atoms with Crippen LogP contribution in [0.1, 0.15) is 36.8 Å². The lowest BCUT2D eigenvalue weighted by atomic mass is 9.88. The number of methoxy groups -OCH3 is 1. The SMILES string of the molecule is COc1cc(C2(N=C=O)CCCC2)c(Br)cc1C. The van der Waals surface area contributed by atoms with Gasteiger partial charge in [0.1, 0.15) is 5.75 Å². The molecule has 0 heterocycles. The van der Waals surface area contributed by atoms with Crippen molar-refractivity contribution in [2.45, 2.75) is 38.1 Å². The monoisotopic (exact) mass is 309 g/mol. The molecule has 1 saturated carbocycles. The van der Waals surface area contributed by atoms with Crippen LogP contribution in [0.3, 0.4) is 0 Å². The molecule has 96 valence electrons. The lowest BCUT2D eigenvalue weighted by molar-refractivity contribution is 0.404. The summed E-state index contributed by atoms with van der Waals surface area (Å²) < 4.78 is 6.35. The smallest absolute Gasteiger partial charge is 0.235 e. The highest BCUT2D eigenvalue weighted by molar-refractivity contribution is 9.10. The first kappa shape index (κ1) is 13.3. The summed E-state index contributed by atoms with van der Waals surface area (Å²) in [5.41, 5.74) is 1.68. The summed E-state index contributed by atoms with van der Waals surface area (Å²) in [6, 6.07) is 4.01. The summed E-state index contributed by atoms with van der Waals surface area (Å²) in [6.45, 7) is 2.00. The molecule has 0 radical (unpaired) electrons. The zero-order valence-corrected chi connectivity index (χ0v) is 12.2. The molecule has 0 aromatic heterocycles. The maximum atomic E-state index is 10.7. The summed E-state index contributed by atoms with van der Waals surface area (Å²) >= 11 is 3.58. The van der Waals surface area contributed by atoms with Gasteiger partial charge in [0.2, 0.25) is 6.08 Å². The van der Waals surface area contributed by atoms with Crippen molar-refractivity contribution in [2.75, 3.05) is 7.11 Å². The van der Waals surface area contributed by atoms with E-state index in [2.05, 4.69) is 20.9 Å². The molecule has 0 saturated heterocycles. The van der Waals surface area contributed by atoms with Crippen LogP contribution in [-0.2, 0) is 10.3 Å². The van der Waals surface area contributed by atoms with Gasteiger partial charge < -0.3 is 4.74 Å². The van der Waals surface area contributed by atoms with E-state index in [4.69, 9.17) is 4.74 Å². The largest absolute Gasteiger partial charge is 0.496 e. The highest BCUT2D eigenvalue weighted by Crippen LogP contribution is 2.46. The van der Waals surface area contributed by atoms with E-state index >= 15 is 0 Å². The van der Waals surface area contributed by atoms with E-state index in [1.807, 2.05) is 19.1 Å². The molecule has 1 aliphatic rings. The normalized spacial score (nSPS) is 17.3. The van der Waals surface area contributed by atoms with Crippen molar-refractivity contribution in [3.63, 3.8) is 0 Å². The number of isocyanates is 1. The standard InChI is InChI=1S/C14H16BrNO2/c1-10-7-12(15)11(8-13(10)18-2)14(16-9-17)5-3-4-6-14/h7-8H,3-6H2,1-2H3. The van der Waals surface area contributed by atoms with Crippen molar-refractivity contribution in [2.24, 2.45) is 4.99 Å². The summed E-state index contributed by atoms with van der Waals surface area (Å²) in [4.78, 5) is 14.8. The molecule has 18 heavy (non-hydrogen) atoms. The van der Waals surface area contributed by atoms with Crippen LogP contribution < -0.4 is 4.74 Å². The Morgan fingerprint density at radius 2 is 2.06 bits per heavy atom. The molecule has 1 aromatic carbocycles. The van der Waals surface area contributed by atoms with Gasteiger partial charge in [-0.1, -0.05) is 28.8 Å². The fraction of sp³-hybridized carbons (Fsp3) is 0.500. The van der Waals surface area contributed by atoms with Crippen molar-refractivity contribution in [3.8, 4) is 5.75 Å². The Hall–Kier alpha value is -1.12. The fourth-order valence-corrected chi connectivity index (χ4v) is 3.54. The lowest BCUT2D eigenvalue weighted by Gasteiger charge is -2.25. The van der Waals surface area contributed by atoms with E-state index in [-0.39, 0.29) is 0 Å². The summed E-state index contributed by atoms with van der Waals surface area (Å²) in [5, 5.41) is 0. The molecule has 0 bridgehead atoms. The van der Waals surface area contributed by atoms with E-state index in [0.717, 1.165) is 47.0 Å². The summed E-state index contributed by atoms with van der Waals surface area (Å²) in [7, 11) is 1.66. The molecule has 1 aromatic rings. The number of benzene rings is 1. The number of hydrogen-bond donors (Lipinski definition) is 0. The Bertz CT molecular complexity index is 501. The minimum absolute atomic E-state index is 0.415. The van der Waals surface area contributed by atoms with Crippen molar-refractivity contribution in [1.29, 1.82) is 0 Å². The second-order valence-corrected chi connectivity index (χ2v) is 5.60. The number of halogens is 1. The van der Waals surface area contributed by atoms with Crippen LogP contribution in [0.4, 0.5) is 0 Å². The van der Waals surface area contributed by atoms with Crippen molar-refractivity contribution in [1.82, 2.24) is 0 Å². The number of carbonyl (C=O) groups excluding carboxylic acids is 1. The van der Waals surface area contributed by atoms with Crippen molar-refractivity contribution >= 4 is 22.0 Å². The molecule has 0 unspecified atom stereocenters. The van der Waals surface area contributed by atoms with E-state index in [9.17, 15) is 4.79 Å². The first-order chi connectivity index (χ1) is 8.63. The molecular weight excluding hydrogens is 294 g/mol. The molecule has 4 heteroatoms. The molecule has 1 fully saturated rings. The first-order valence-electron chi connectivity index (χ1n) is 6.06. The van der Waals surface area contributed by atoms with Gasteiger partial charge in [-0.2, -0.15) is 4.99 Å². The molecule has 0 N–H and O–H groups in total. The Morgan fingerprint density at radius 1 is 1.39 bits per heavy atom. The Morgan fingerprint density at radius 3 is 2.61 bits per heavy atom. The zero-order valence-electron chi connectivity index (χ0n) is 10.6. The number of rotatable bonds is 3. The Kier molecular flexibility index (Phi) is 3.88. The van der Waals surface area contributed by atoms with Gasteiger partial charge in [-0.05, 0) is 43.0 Å². The van der Waals surface area contributed by atoms with E-state index in [1.54, 1.807) is 13.2 Å². The molecule has 2 rings (SSSR count). The zero-order chi connectivity index (χ0) is 13.2. The van der Waals surface area contributed by atoms with Gasteiger partial charge in [0.15, 0.2) is 0 Å². The number of nitrogens with zero attached hydrogens (tertiary/aromatic N) is 1. The first-order valence-corrected chi connectivity index (χ1v) is 6.86. The molecule has 0 atom stereocenters. The predicted molar refractivity (Wildman–Crippen MR) is 73.7 cm³/mol. The average molecular weight is 310 g/mol. The number of ether oxygens (including phenoxy) is 1. The highest BCUT2D eigenvalue weighted by Gasteiger charge is 2.37. The van der Waals surface area contributed by atoms with E-state index in [1.165, 1.54) is 0 Å². The van der Waals surface area contributed by atoms with Gasteiger partial charge in [-0.25, -0.2) is 4.79 Å². The molecule has 0 spiro atoms. The molecule has 0 aliphatic heterocycles. The van der Waals surface area contributed by atoms with Crippen LogP contribution in [0.25, 0.3) is 0 Å². The van der Waals surface area contributed by atoms with Crippen LogP contribution in [0.2, 0.25) is 0 Å². The number of hydrogen-bond acceptors (Lipinski definition) is 3. The molecule has 3 nitrogen and oxygen atoms in total. The second kappa shape index (κ2) is 5.25. The maximum absolute atomic E-state index is 10.7. The number of aliphatic imine (C=N–C) groups is 1. The quantitative estimate of drug-likeness (QED) is 0.628. The third-order valence-electron chi connectivity index (χ3n) is 3.68. The van der Waals surface area contributed by atoms with Gasteiger partial charge in [-0.15, -0.1) is 0 Å². The molecular formula is C14H16BrNO2. The fourth-order valence-electron chi connectivity index (χ4n) is 2.72. The minimum Gasteiger partial charge on any atom is -0.496 e. The Labute approximate surface area is 115 Å². The average Bonchev–Trinajstić information content (AvgIpc) is 2.79. The van der Waals surface area contributed by atoms with Crippen LogP contribution in [0.15, 0.2) is 21.6 Å². The summed E-state index contributed by atoms with van der Waals surface area (Å²) in [5.74, 6) is 0.834. The lowest BCUT2D eigenvalue weighted by Crippen LogP contribution is -2.19. The number of aryl methyl sites for hydroxylation is 1. The summed E-state index contributed by atoms with van der Waals surface area (Å²) in [6.07, 6.45) is 5.72. The van der Waals surface area contributed by atoms with Gasteiger partial charge in [0.25, 0.3) is 0 Å². The topological polar surface area (TPSA) is 38.7 Å². The third-order valence-corrected chi connectivity index (χ3v) is 4.33. The van der Waals surface area contributed by atoms with E-state index in [0.29, 0.717) is 0 Å². The van der Waals surface area contributed by atoms with Crippen LogP contribution in [0, 0.1) is 6.92 Å². The third kappa shape index (κ3) is 2.23. The van der Waals surface area contributed by atoms with Gasteiger partial charge in [-0.3, -0.25) is 0 Å². The van der Waals surface area contributed by atoms with Gasteiger partial charge in [0.05, 0.1) is 12.6 Å².